The van der Waals surface area contributed by atoms with Gasteiger partial charge in [-0.15, -0.1) is 0 Å². The fourth-order valence-corrected chi connectivity index (χ4v) is 5.01. The Morgan fingerprint density at radius 2 is 1.79 bits per heavy atom. The lowest BCUT2D eigenvalue weighted by atomic mass is 10.6. The summed E-state index contributed by atoms with van der Waals surface area (Å²) in [5, 5.41) is 0. The molecule has 0 saturated heterocycles. The molecule has 0 amide bonds. The van der Waals surface area contributed by atoms with E-state index in [1.54, 1.807) is 0 Å². The summed E-state index contributed by atoms with van der Waals surface area (Å²) in [5.41, 5.74) is 0. The van der Waals surface area contributed by atoms with Crippen molar-refractivity contribution in [2.45, 2.75) is 27.2 Å². The molecular weight excluding hydrogens is 238 g/mol. The largest absolute Gasteiger partial charge is 0.357 e. The van der Waals surface area contributed by atoms with E-state index in [0.29, 0.717) is 10.7 Å². The van der Waals surface area contributed by atoms with Crippen molar-refractivity contribution < 1.29 is 8.42 Å². The summed E-state index contributed by atoms with van der Waals surface area (Å²) in [7, 11) is -2.25. The normalized spacial score (nSPS) is 11.4. The van der Waals surface area contributed by atoms with Crippen LogP contribution in [0.2, 0.25) is 0 Å². The molecule has 0 saturated carbocycles. The number of hydrogen-bond acceptors (Lipinski definition) is 4. The van der Waals surface area contributed by atoms with Crippen molar-refractivity contribution in [3.8, 4) is 0 Å². The summed E-state index contributed by atoms with van der Waals surface area (Å²) in [6.45, 7) is 7.28. The van der Waals surface area contributed by atoms with Gasteiger partial charge >= 0.3 is 0 Å². The molecule has 0 aromatic rings. The zero-order valence-electron chi connectivity index (χ0n) is 8.82. The summed E-state index contributed by atoms with van der Waals surface area (Å²) >= 11 is 5.05. The maximum absolute atomic E-state index is 11.4. The van der Waals surface area contributed by atoms with E-state index < -0.39 is 8.87 Å². The summed E-state index contributed by atoms with van der Waals surface area (Å²) < 4.78 is 23.3. The lowest BCUT2D eigenvalue weighted by molar-refractivity contribution is 0.482. The predicted octanol–water partition coefficient (Wildman–Crippen LogP) is 2.09. The Hall–Kier alpha value is 0.190. The molecule has 3 nitrogen and oxygen atoms in total. The van der Waals surface area contributed by atoms with Crippen LogP contribution >= 0.6 is 23.0 Å². The summed E-state index contributed by atoms with van der Waals surface area (Å²) in [5.74, 6) is 0.194. The molecule has 14 heavy (non-hydrogen) atoms. The van der Waals surface area contributed by atoms with Gasteiger partial charge in [0.05, 0.1) is 5.75 Å². The van der Waals surface area contributed by atoms with E-state index in [-0.39, 0.29) is 5.75 Å². The van der Waals surface area contributed by atoms with Gasteiger partial charge in [0.25, 0.3) is 0 Å². The Morgan fingerprint density at radius 3 is 2.14 bits per heavy atom. The van der Waals surface area contributed by atoms with Crippen molar-refractivity contribution in [3.05, 3.63) is 0 Å². The van der Waals surface area contributed by atoms with E-state index in [4.69, 9.17) is 12.2 Å². The quantitative estimate of drug-likeness (QED) is 0.555. The van der Waals surface area contributed by atoms with Gasteiger partial charge in [-0.2, -0.15) is 0 Å². The summed E-state index contributed by atoms with van der Waals surface area (Å²) in [6.07, 6.45) is 0.635. The molecule has 0 aromatic carbocycles. The molecule has 0 aliphatic carbocycles. The minimum absolute atomic E-state index is 0.194. The minimum Gasteiger partial charge on any atom is -0.357 e. The van der Waals surface area contributed by atoms with E-state index in [2.05, 4.69) is 0 Å². The van der Waals surface area contributed by atoms with Gasteiger partial charge in [0, 0.05) is 23.9 Å². The highest BCUT2D eigenvalue weighted by Gasteiger charge is 2.16. The van der Waals surface area contributed by atoms with Crippen LogP contribution in [0.25, 0.3) is 0 Å². The van der Waals surface area contributed by atoms with Gasteiger partial charge in [-0.25, -0.2) is 8.42 Å². The van der Waals surface area contributed by atoms with Crippen molar-refractivity contribution in [2.24, 2.45) is 0 Å². The Morgan fingerprint density at radius 1 is 1.29 bits per heavy atom. The van der Waals surface area contributed by atoms with Gasteiger partial charge in [0.1, 0.15) is 0 Å². The van der Waals surface area contributed by atoms with Gasteiger partial charge in [-0.1, -0.05) is 19.1 Å². The number of hydrogen-bond donors (Lipinski definition) is 0. The van der Waals surface area contributed by atoms with Crippen LogP contribution in [0.4, 0.5) is 0 Å². The van der Waals surface area contributed by atoms with E-state index in [0.717, 1.165) is 23.9 Å². The topological polar surface area (TPSA) is 37.4 Å². The van der Waals surface area contributed by atoms with Crippen molar-refractivity contribution in [2.75, 3.05) is 18.8 Å². The van der Waals surface area contributed by atoms with Gasteiger partial charge in [0.2, 0.25) is 8.87 Å². The standard InChI is InChI=1S/C8H17NO2S3/c1-4-7-14(10,11)13-8(12)9(5-2)6-3/h4-7H2,1-3H3. The molecule has 0 spiro atoms. The monoisotopic (exact) mass is 255 g/mol. The van der Waals surface area contributed by atoms with Crippen LogP contribution in [0.1, 0.15) is 27.2 Å². The van der Waals surface area contributed by atoms with Crippen LogP contribution in [0, 0.1) is 0 Å². The van der Waals surface area contributed by atoms with Crippen LogP contribution in [-0.4, -0.2) is 36.5 Å². The smallest absolute Gasteiger partial charge is 0.208 e. The highest BCUT2D eigenvalue weighted by molar-refractivity contribution is 8.79. The maximum atomic E-state index is 11.4. The molecule has 0 N–H and O–H groups in total. The van der Waals surface area contributed by atoms with Crippen LogP contribution in [-0.2, 0) is 8.87 Å². The molecule has 84 valence electrons. The second-order valence-corrected chi connectivity index (χ2v) is 7.53. The first-order chi connectivity index (χ1) is 6.46. The van der Waals surface area contributed by atoms with Gasteiger partial charge in [-0.05, 0) is 20.3 Å². The molecule has 0 unspecified atom stereocenters. The molecule has 0 atom stereocenters. The highest BCUT2D eigenvalue weighted by atomic mass is 33.1. The molecule has 0 heterocycles. The molecular formula is C8H17NO2S3. The SMILES string of the molecule is CCCS(=O)(=O)SC(=S)N(CC)CC. The molecule has 0 fully saturated rings. The van der Waals surface area contributed by atoms with Crippen molar-refractivity contribution in [1.29, 1.82) is 0 Å². The van der Waals surface area contributed by atoms with Crippen LogP contribution in [0.15, 0.2) is 0 Å². The van der Waals surface area contributed by atoms with E-state index >= 15 is 0 Å². The van der Waals surface area contributed by atoms with Gasteiger partial charge in [0.15, 0.2) is 4.32 Å². The number of rotatable bonds is 5. The maximum Gasteiger partial charge on any atom is 0.208 e. The second kappa shape index (κ2) is 6.63. The Balaban J connectivity index is 4.31. The highest BCUT2D eigenvalue weighted by Crippen LogP contribution is 2.18. The first-order valence-corrected chi connectivity index (χ1v) is 8.07. The zero-order chi connectivity index (χ0) is 11.2. The molecule has 0 radical (unpaired) electrons. The van der Waals surface area contributed by atoms with Gasteiger partial charge in [-0.3, -0.25) is 0 Å². The fourth-order valence-electron chi connectivity index (χ4n) is 0.935. The second-order valence-electron chi connectivity index (χ2n) is 2.78. The molecule has 0 aromatic heterocycles. The number of nitrogens with zero attached hydrogens (tertiary/aromatic N) is 1. The molecule has 6 heteroatoms. The van der Waals surface area contributed by atoms with Crippen molar-refractivity contribution in [3.63, 3.8) is 0 Å². The Kier molecular flexibility index (Phi) is 6.72. The van der Waals surface area contributed by atoms with E-state index in [1.807, 2.05) is 25.7 Å². The molecule has 0 aliphatic rings. The fraction of sp³-hybridized carbons (Fsp3) is 0.875. The first-order valence-electron chi connectivity index (χ1n) is 4.67. The van der Waals surface area contributed by atoms with E-state index in [9.17, 15) is 8.42 Å². The third-order valence-electron chi connectivity index (χ3n) is 1.67. The predicted molar refractivity (Wildman–Crippen MR) is 67.2 cm³/mol. The molecule has 0 rings (SSSR count). The third-order valence-corrected chi connectivity index (χ3v) is 5.80. The first kappa shape index (κ1) is 14.2. The van der Waals surface area contributed by atoms with Crippen molar-refractivity contribution in [1.82, 2.24) is 4.90 Å². The van der Waals surface area contributed by atoms with Crippen molar-refractivity contribution >= 4 is 36.2 Å². The average Bonchev–Trinajstić information content (AvgIpc) is 2.04. The summed E-state index contributed by atoms with van der Waals surface area (Å²) in [6, 6.07) is 0. The Labute approximate surface area is 95.6 Å². The van der Waals surface area contributed by atoms with Crippen LogP contribution < -0.4 is 0 Å². The van der Waals surface area contributed by atoms with Crippen LogP contribution in [0.5, 0.6) is 0 Å². The lowest BCUT2D eigenvalue weighted by Crippen LogP contribution is -2.27. The minimum atomic E-state index is -3.06. The van der Waals surface area contributed by atoms with E-state index in [1.165, 1.54) is 0 Å². The summed E-state index contributed by atoms with van der Waals surface area (Å²) in [4.78, 5) is 1.87. The number of thiocarbonyl (C=S) groups is 1. The molecule has 0 bridgehead atoms. The molecule has 0 aliphatic heterocycles. The third kappa shape index (κ3) is 5.17. The average molecular weight is 255 g/mol. The van der Waals surface area contributed by atoms with Gasteiger partial charge < -0.3 is 4.90 Å². The van der Waals surface area contributed by atoms with Crippen LogP contribution in [0.3, 0.4) is 0 Å². The Bertz CT molecular complexity index is 270. The zero-order valence-corrected chi connectivity index (χ0v) is 11.3. The lowest BCUT2D eigenvalue weighted by Gasteiger charge is -2.20.